The Hall–Kier alpha value is -2.73. The second-order valence-electron chi connectivity index (χ2n) is 5.67. The topological polar surface area (TPSA) is 67.0 Å². The molecule has 4 nitrogen and oxygen atoms in total. The summed E-state index contributed by atoms with van der Waals surface area (Å²) < 4.78 is 31.9. The van der Waals surface area contributed by atoms with Crippen LogP contribution in [0.3, 0.4) is 0 Å². The summed E-state index contributed by atoms with van der Waals surface area (Å²) in [6.45, 7) is 2.21. The molecular formula is C18H16F2NO3+. The molecule has 1 aromatic heterocycles. The Kier molecular flexibility index (Phi) is 4.31. The average Bonchev–Trinajstić information content (AvgIpc) is 2.51. The zero-order valence-corrected chi connectivity index (χ0v) is 12.9. The molecule has 1 atom stereocenters. The molecule has 0 spiro atoms. The minimum atomic E-state index is -0.616. The third-order valence-electron chi connectivity index (χ3n) is 3.96. The van der Waals surface area contributed by atoms with Crippen molar-refractivity contribution in [2.24, 2.45) is 0 Å². The first-order chi connectivity index (χ1) is 11.4. The Morgan fingerprint density at radius 2 is 1.96 bits per heavy atom. The molecule has 0 aliphatic heterocycles. The Labute approximate surface area is 136 Å². The first kappa shape index (κ1) is 16.1. The lowest BCUT2D eigenvalue weighted by molar-refractivity contribution is -0.708. The first-order valence-electron chi connectivity index (χ1n) is 7.48. The van der Waals surface area contributed by atoms with Crippen molar-refractivity contribution >= 4 is 11.0 Å². The molecule has 3 rings (SSSR count). The average molecular weight is 332 g/mol. The molecule has 0 bridgehead atoms. The van der Waals surface area contributed by atoms with Gasteiger partial charge in [0.05, 0.1) is 0 Å². The van der Waals surface area contributed by atoms with Crippen LogP contribution < -0.4 is 10.9 Å². The van der Waals surface area contributed by atoms with E-state index in [4.69, 9.17) is 4.42 Å². The van der Waals surface area contributed by atoms with Gasteiger partial charge >= 0.3 is 5.63 Å². The highest BCUT2D eigenvalue weighted by atomic mass is 19.1. The van der Waals surface area contributed by atoms with E-state index < -0.39 is 17.3 Å². The standard InChI is InChI=1S/C18H15F2NO3/c1-10(14-4-2-12(19)7-16(14)20)21-9-11-6-18(23)24-17-8-13(22)3-5-15(11)17/h2-8,10,21-22H,9H2,1H3/p+1/t10-/m1/s1. The maximum absolute atomic E-state index is 13.8. The van der Waals surface area contributed by atoms with Crippen molar-refractivity contribution in [2.45, 2.75) is 19.5 Å². The number of rotatable bonds is 4. The van der Waals surface area contributed by atoms with Crippen LogP contribution in [0.4, 0.5) is 8.78 Å². The highest BCUT2D eigenvalue weighted by Gasteiger charge is 2.16. The Bertz CT molecular complexity index is 953. The van der Waals surface area contributed by atoms with Crippen molar-refractivity contribution in [3.63, 3.8) is 0 Å². The number of aromatic hydroxyl groups is 1. The third kappa shape index (κ3) is 3.28. The number of hydrogen-bond donors (Lipinski definition) is 2. The van der Waals surface area contributed by atoms with Crippen LogP contribution in [0.5, 0.6) is 5.75 Å². The molecule has 0 fully saturated rings. The van der Waals surface area contributed by atoms with Crippen molar-refractivity contribution in [2.75, 3.05) is 0 Å². The van der Waals surface area contributed by atoms with E-state index in [1.165, 1.54) is 30.3 Å². The van der Waals surface area contributed by atoms with Crippen molar-refractivity contribution in [1.82, 2.24) is 0 Å². The lowest BCUT2D eigenvalue weighted by Crippen LogP contribution is -2.83. The number of phenols is 1. The van der Waals surface area contributed by atoms with Crippen LogP contribution in [0.1, 0.15) is 24.1 Å². The summed E-state index contributed by atoms with van der Waals surface area (Å²) in [6, 6.07) is 9.17. The summed E-state index contributed by atoms with van der Waals surface area (Å²) in [5.41, 5.74) is 0.889. The van der Waals surface area contributed by atoms with Crippen LogP contribution in [0.15, 0.2) is 51.7 Å². The summed E-state index contributed by atoms with van der Waals surface area (Å²) in [7, 11) is 0. The van der Waals surface area contributed by atoms with E-state index in [9.17, 15) is 18.7 Å². The Balaban J connectivity index is 1.86. The van der Waals surface area contributed by atoms with Crippen LogP contribution in [0.25, 0.3) is 11.0 Å². The predicted molar refractivity (Wildman–Crippen MR) is 84.6 cm³/mol. The van der Waals surface area contributed by atoms with Gasteiger partial charge in [-0.1, -0.05) is 0 Å². The molecule has 124 valence electrons. The molecule has 0 aliphatic rings. The lowest BCUT2D eigenvalue weighted by Gasteiger charge is -2.13. The van der Waals surface area contributed by atoms with Gasteiger partial charge in [-0.25, -0.2) is 13.6 Å². The van der Waals surface area contributed by atoms with Gasteiger partial charge < -0.3 is 14.8 Å². The van der Waals surface area contributed by atoms with Crippen molar-refractivity contribution in [3.8, 4) is 5.75 Å². The van der Waals surface area contributed by atoms with E-state index in [1.54, 1.807) is 13.0 Å². The fourth-order valence-electron chi connectivity index (χ4n) is 2.69. The van der Waals surface area contributed by atoms with E-state index in [2.05, 4.69) is 0 Å². The number of hydrogen-bond acceptors (Lipinski definition) is 3. The van der Waals surface area contributed by atoms with Crippen molar-refractivity contribution in [1.29, 1.82) is 0 Å². The van der Waals surface area contributed by atoms with Crippen LogP contribution in [0.2, 0.25) is 0 Å². The Morgan fingerprint density at radius 3 is 2.71 bits per heavy atom. The molecule has 0 amide bonds. The van der Waals surface area contributed by atoms with Gasteiger partial charge in [-0.05, 0) is 31.2 Å². The normalized spacial score (nSPS) is 12.5. The van der Waals surface area contributed by atoms with Crippen LogP contribution in [-0.2, 0) is 6.54 Å². The lowest BCUT2D eigenvalue weighted by atomic mass is 10.1. The second kappa shape index (κ2) is 6.41. The number of nitrogens with two attached hydrogens (primary N) is 1. The zero-order chi connectivity index (χ0) is 17.3. The first-order valence-corrected chi connectivity index (χ1v) is 7.48. The maximum atomic E-state index is 13.8. The van der Waals surface area contributed by atoms with E-state index in [-0.39, 0.29) is 11.8 Å². The molecule has 24 heavy (non-hydrogen) atoms. The van der Waals surface area contributed by atoms with Crippen molar-refractivity contribution < 1.29 is 23.6 Å². The van der Waals surface area contributed by atoms with Gasteiger partial charge in [-0.3, -0.25) is 0 Å². The summed E-state index contributed by atoms with van der Waals surface area (Å²) >= 11 is 0. The number of quaternary nitrogens is 1. The monoisotopic (exact) mass is 332 g/mol. The van der Waals surface area contributed by atoms with E-state index in [0.717, 1.165) is 11.6 Å². The van der Waals surface area contributed by atoms with Gasteiger partial charge in [0.1, 0.15) is 35.6 Å². The largest absolute Gasteiger partial charge is 0.508 e. The zero-order valence-electron chi connectivity index (χ0n) is 12.9. The summed E-state index contributed by atoms with van der Waals surface area (Å²) in [4.78, 5) is 11.7. The highest BCUT2D eigenvalue weighted by Crippen LogP contribution is 2.21. The van der Waals surface area contributed by atoms with Gasteiger partial charge in [0.15, 0.2) is 0 Å². The van der Waals surface area contributed by atoms with Crippen LogP contribution in [-0.4, -0.2) is 5.11 Å². The molecule has 3 N–H and O–H groups in total. The second-order valence-corrected chi connectivity index (χ2v) is 5.67. The van der Waals surface area contributed by atoms with Gasteiger partial charge in [-0.15, -0.1) is 0 Å². The SMILES string of the molecule is C[C@@H]([NH2+]Cc1cc(=O)oc2cc(O)ccc12)c1ccc(F)cc1F. The van der Waals surface area contributed by atoms with E-state index >= 15 is 0 Å². The minimum absolute atomic E-state index is 0.00790. The van der Waals surface area contributed by atoms with Crippen LogP contribution >= 0.6 is 0 Å². The molecule has 0 radical (unpaired) electrons. The molecule has 0 aliphatic carbocycles. The summed E-state index contributed by atoms with van der Waals surface area (Å²) in [6.07, 6.45) is 0. The predicted octanol–water partition coefficient (Wildman–Crippen LogP) is 2.60. The van der Waals surface area contributed by atoms with Gasteiger partial charge in [0.2, 0.25) is 0 Å². The maximum Gasteiger partial charge on any atom is 0.336 e. The summed E-state index contributed by atoms with van der Waals surface area (Å²) in [5.74, 6) is -1.20. The molecule has 2 aromatic carbocycles. The number of fused-ring (bicyclic) bond motifs is 1. The fraction of sp³-hybridized carbons (Fsp3) is 0.167. The molecule has 6 heteroatoms. The van der Waals surface area contributed by atoms with E-state index in [1.807, 2.05) is 5.32 Å². The minimum Gasteiger partial charge on any atom is -0.508 e. The molecule has 0 saturated carbocycles. The molecular weight excluding hydrogens is 316 g/mol. The fourth-order valence-corrected chi connectivity index (χ4v) is 2.69. The molecule has 0 saturated heterocycles. The molecule has 0 unspecified atom stereocenters. The van der Waals surface area contributed by atoms with Crippen molar-refractivity contribution in [3.05, 3.63) is 75.6 Å². The Morgan fingerprint density at radius 1 is 1.17 bits per heavy atom. The van der Waals surface area contributed by atoms with Gasteiger partial charge in [0.25, 0.3) is 0 Å². The van der Waals surface area contributed by atoms with Gasteiger partial charge in [-0.2, -0.15) is 0 Å². The molecule has 1 heterocycles. The number of halogens is 2. The number of phenolic OH excluding ortho intramolecular Hbond substituents is 1. The highest BCUT2D eigenvalue weighted by molar-refractivity contribution is 5.81. The van der Waals surface area contributed by atoms with Gasteiger partial charge in [0, 0.05) is 34.7 Å². The smallest absolute Gasteiger partial charge is 0.336 e. The summed E-state index contributed by atoms with van der Waals surface area (Å²) in [5, 5.41) is 12.0. The van der Waals surface area contributed by atoms with E-state index in [0.29, 0.717) is 23.1 Å². The third-order valence-corrected chi connectivity index (χ3v) is 3.96. The van der Waals surface area contributed by atoms with Crippen LogP contribution in [0, 0.1) is 11.6 Å². The molecule has 3 aromatic rings. The number of benzene rings is 2. The quantitative estimate of drug-likeness (QED) is 0.722.